The molecule has 0 aliphatic rings. The molecular weight excluding hydrogens is 268 g/mol. The standard InChI is InChI=1S/C16H24N2O3/c1-11(16(20)21)5-3-6-12(2)18-10-13-7-4-8-14(9-13)15(17)19/h4,7-9,11-12,18H,3,5-6,10H2,1-2H3,(H2,17,19)(H,20,21). The average molecular weight is 292 g/mol. The molecule has 1 aromatic rings. The minimum atomic E-state index is -0.737. The highest BCUT2D eigenvalue weighted by molar-refractivity contribution is 5.92. The summed E-state index contributed by atoms with van der Waals surface area (Å²) < 4.78 is 0. The highest BCUT2D eigenvalue weighted by atomic mass is 16.4. The van der Waals surface area contributed by atoms with E-state index in [4.69, 9.17) is 10.8 Å². The van der Waals surface area contributed by atoms with Gasteiger partial charge in [0.25, 0.3) is 0 Å². The van der Waals surface area contributed by atoms with Crippen LogP contribution < -0.4 is 11.1 Å². The molecule has 0 heterocycles. The van der Waals surface area contributed by atoms with Crippen molar-refractivity contribution in [3.63, 3.8) is 0 Å². The first-order valence-electron chi connectivity index (χ1n) is 7.25. The van der Waals surface area contributed by atoms with Crippen LogP contribution in [-0.2, 0) is 11.3 Å². The van der Waals surface area contributed by atoms with E-state index in [-0.39, 0.29) is 5.92 Å². The fourth-order valence-electron chi connectivity index (χ4n) is 2.08. The Bertz CT molecular complexity index is 488. The quantitative estimate of drug-likeness (QED) is 0.650. The van der Waals surface area contributed by atoms with E-state index in [9.17, 15) is 9.59 Å². The van der Waals surface area contributed by atoms with Crippen LogP contribution in [0.15, 0.2) is 24.3 Å². The molecule has 0 radical (unpaired) electrons. The van der Waals surface area contributed by atoms with E-state index in [1.807, 2.05) is 12.1 Å². The number of hydrogen-bond acceptors (Lipinski definition) is 3. The van der Waals surface area contributed by atoms with Gasteiger partial charge < -0.3 is 16.2 Å². The first-order valence-corrected chi connectivity index (χ1v) is 7.25. The highest BCUT2D eigenvalue weighted by Gasteiger charge is 2.11. The van der Waals surface area contributed by atoms with E-state index in [1.54, 1.807) is 19.1 Å². The second-order valence-electron chi connectivity index (χ2n) is 5.52. The molecule has 0 bridgehead atoms. The predicted octanol–water partition coefficient (Wildman–Crippen LogP) is 2.15. The SMILES string of the molecule is CC(CCCC(C)C(=O)O)NCc1cccc(C(N)=O)c1. The van der Waals surface area contributed by atoms with Gasteiger partial charge in [0.1, 0.15) is 0 Å². The molecule has 5 heteroatoms. The molecule has 0 aliphatic heterocycles. The van der Waals surface area contributed by atoms with E-state index in [0.29, 0.717) is 24.6 Å². The van der Waals surface area contributed by atoms with Crippen molar-refractivity contribution >= 4 is 11.9 Å². The van der Waals surface area contributed by atoms with E-state index in [1.165, 1.54) is 0 Å². The summed E-state index contributed by atoms with van der Waals surface area (Å²) in [5, 5.41) is 12.2. The molecule has 21 heavy (non-hydrogen) atoms. The second kappa shape index (κ2) is 8.42. The van der Waals surface area contributed by atoms with Gasteiger partial charge in [0.15, 0.2) is 0 Å². The molecule has 116 valence electrons. The summed E-state index contributed by atoms with van der Waals surface area (Å²) in [6.07, 6.45) is 2.49. The summed E-state index contributed by atoms with van der Waals surface area (Å²) in [5.41, 5.74) is 6.77. The van der Waals surface area contributed by atoms with E-state index < -0.39 is 11.9 Å². The zero-order valence-electron chi connectivity index (χ0n) is 12.6. The number of nitrogens with one attached hydrogen (secondary N) is 1. The van der Waals surface area contributed by atoms with Gasteiger partial charge in [0, 0.05) is 18.2 Å². The Morgan fingerprint density at radius 3 is 2.62 bits per heavy atom. The number of carboxylic acid groups (broad SMARTS) is 1. The number of hydrogen-bond donors (Lipinski definition) is 3. The van der Waals surface area contributed by atoms with Crippen molar-refractivity contribution in [1.82, 2.24) is 5.32 Å². The van der Waals surface area contributed by atoms with E-state index >= 15 is 0 Å². The summed E-state index contributed by atoms with van der Waals surface area (Å²) >= 11 is 0. The van der Waals surface area contributed by atoms with Crippen LogP contribution in [0.25, 0.3) is 0 Å². The van der Waals surface area contributed by atoms with Crippen LogP contribution in [-0.4, -0.2) is 23.0 Å². The van der Waals surface area contributed by atoms with Crippen LogP contribution in [0.4, 0.5) is 0 Å². The third kappa shape index (κ3) is 6.40. The van der Waals surface area contributed by atoms with Crippen molar-refractivity contribution in [2.75, 3.05) is 0 Å². The molecule has 4 N–H and O–H groups in total. The summed E-state index contributed by atoms with van der Waals surface area (Å²) in [6, 6.07) is 7.54. The molecule has 0 saturated carbocycles. The summed E-state index contributed by atoms with van der Waals surface area (Å²) in [7, 11) is 0. The lowest BCUT2D eigenvalue weighted by molar-refractivity contribution is -0.141. The smallest absolute Gasteiger partial charge is 0.306 e. The lowest BCUT2D eigenvalue weighted by Gasteiger charge is -2.15. The van der Waals surface area contributed by atoms with Crippen LogP contribution in [0.2, 0.25) is 0 Å². The molecule has 1 aromatic carbocycles. The van der Waals surface area contributed by atoms with Gasteiger partial charge in [-0.1, -0.05) is 25.5 Å². The van der Waals surface area contributed by atoms with Gasteiger partial charge >= 0.3 is 5.97 Å². The number of carboxylic acids is 1. The van der Waals surface area contributed by atoms with Gasteiger partial charge in [0.2, 0.25) is 5.91 Å². The molecule has 0 saturated heterocycles. The maximum absolute atomic E-state index is 11.1. The fourth-order valence-corrected chi connectivity index (χ4v) is 2.08. The monoisotopic (exact) mass is 292 g/mol. The average Bonchev–Trinajstić information content (AvgIpc) is 2.45. The molecule has 1 rings (SSSR count). The first kappa shape index (κ1) is 17.2. The summed E-state index contributed by atoms with van der Waals surface area (Å²) in [5.74, 6) is -1.45. The molecule has 1 amide bonds. The number of aliphatic carboxylic acids is 1. The molecule has 0 fully saturated rings. The molecule has 2 atom stereocenters. The topological polar surface area (TPSA) is 92.4 Å². The normalized spacial score (nSPS) is 13.6. The van der Waals surface area contributed by atoms with E-state index in [2.05, 4.69) is 12.2 Å². The lowest BCUT2D eigenvalue weighted by atomic mass is 10.0. The Morgan fingerprint density at radius 2 is 2.00 bits per heavy atom. The predicted molar refractivity (Wildman–Crippen MR) is 81.9 cm³/mol. The van der Waals surface area contributed by atoms with Crippen molar-refractivity contribution in [1.29, 1.82) is 0 Å². The zero-order chi connectivity index (χ0) is 15.8. The lowest BCUT2D eigenvalue weighted by Crippen LogP contribution is -2.26. The third-order valence-corrected chi connectivity index (χ3v) is 3.56. The van der Waals surface area contributed by atoms with Crippen LogP contribution in [0.1, 0.15) is 49.0 Å². The van der Waals surface area contributed by atoms with Gasteiger partial charge in [-0.05, 0) is 37.5 Å². The van der Waals surface area contributed by atoms with E-state index in [0.717, 1.165) is 18.4 Å². The summed E-state index contributed by atoms with van der Waals surface area (Å²) in [6.45, 7) is 4.47. The van der Waals surface area contributed by atoms with Crippen molar-refractivity contribution in [2.45, 2.75) is 45.7 Å². The Morgan fingerprint density at radius 1 is 1.29 bits per heavy atom. The Labute approximate surface area is 125 Å². The molecule has 0 aliphatic carbocycles. The van der Waals surface area contributed by atoms with Crippen LogP contribution >= 0.6 is 0 Å². The van der Waals surface area contributed by atoms with Crippen molar-refractivity contribution in [3.05, 3.63) is 35.4 Å². The fraction of sp³-hybridized carbons (Fsp3) is 0.500. The third-order valence-electron chi connectivity index (χ3n) is 3.56. The minimum absolute atomic E-state index is 0.288. The van der Waals surface area contributed by atoms with Gasteiger partial charge in [0.05, 0.1) is 5.92 Å². The highest BCUT2D eigenvalue weighted by Crippen LogP contribution is 2.10. The van der Waals surface area contributed by atoms with Gasteiger partial charge in [-0.2, -0.15) is 0 Å². The van der Waals surface area contributed by atoms with Crippen LogP contribution in [0, 0.1) is 5.92 Å². The van der Waals surface area contributed by atoms with Gasteiger partial charge in [-0.15, -0.1) is 0 Å². The maximum Gasteiger partial charge on any atom is 0.306 e. The number of nitrogens with two attached hydrogens (primary N) is 1. The maximum atomic E-state index is 11.1. The number of amides is 1. The number of rotatable bonds is 9. The van der Waals surface area contributed by atoms with Crippen LogP contribution in [0.5, 0.6) is 0 Å². The van der Waals surface area contributed by atoms with Gasteiger partial charge in [-0.25, -0.2) is 0 Å². The zero-order valence-corrected chi connectivity index (χ0v) is 12.6. The largest absolute Gasteiger partial charge is 0.481 e. The number of benzene rings is 1. The van der Waals surface area contributed by atoms with Crippen molar-refractivity contribution in [3.8, 4) is 0 Å². The molecule has 0 spiro atoms. The Hall–Kier alpha value is -1.88. The molecule has 0 aromatic heterocycles. The molecule has 2 unspecified atom stereocenters. The first-order chi connectivity index (χ1) is 9.90. The van der Waals surface area contributed by atoms with Crippen molar-refractivity contribution in [2.24, 2.45) is 11.7 Å². The Balaban J connectivity index is 2.33. The second-order valence-corrected chi connectivity index (χ2v) is 5.52. The molecule has 5 nitrogen and oxygen atoms in total. The number of primary amides is 1. The van der Waals surface area contributed by atoms with Crippen LogP contribution in [0.3, 0.4) is 0 Å². The summed E-state index contributed by atoms with van der Waals surface area (Å²) in [4.78, 5) is 21.8. The number of carbonyl (C=O) groups excluding carboxylic acids is 1. The van der Waals surface area contributed by atoms with Crippen molar-refractivity contribution < 1.29 is 14.7 Å². The number of carbonyl (C=O) groups is 2. The Kier molecular flexibility index (Phi) is 6.88. The van der Waals surface area contributed by atoms with Gasteiger partial charge in [-0.3, -0.25) is 9.59 Å². The minimum Gasteiger partial charge on any atom is -0.481 e. The molecular formula is C16H24N2O3.